The van der Waals surface area contributed by atoms with E-state index in [1.165, 1.54) is 48.5 Å². The van der Waals surface area contributed by atoms with Crippen LogP contribution in [0.4, 0.5) is 0 Å². The van der Waals surface area contributed by atoms with Crippen LogP contribution in [0.25, 0.3) is 68.7 Å². The molecule has 9 heterocycles. The van der Waals surface area contributed by atoms with Gasteiger partial charge in [-0.15, -0.1) is 0 Å². The van der Waals surface area contributed by atoms with E-state index >= 15 is 0 Å². The second-order valence-corrected chi connectivity index (χ2v) is 34.0. The summed E-state index contributed by atoms with van der Waals surface area (Å²) in [4.78, 5) is 27.8. The zero-order chi connectivity index (χ0) is 86.2. The van der Waals surface area contributed by atoms with Crippen LogP contribution in [0.15, 0.2) is 214 Å². The minimum absolute atomic E-state index is 0.0227. The molecule has 0 spiro atoms. The molecular formula is C88H106N8O20S4. The van der Waals surface area contributed by atoms with E-state index in [-0.39, 0.29) is 46.0 Å². The Hall–Kier alpha value is -10.1. The van der Waals surface area contributed by atoms with E-state index in [1.54, 1.807) is 48.5 Å². The zero-order valence-electron chi connectivity index (χ0n) is 67.5. The summed E-state index contributed by atoms with van der Waals surface area (Å²) in [6, 6.07) is 32.6. The van der Waals surface area contributed by atoms with Gasteiger partial charge in [0.05, 0.1) is 95.2 Å². The summed E-state index contributed by atoms with van der Waals surface area (Å²) in [7, 11) is -16.1. The van der Waals surface area contributed by atoms with E-state index in [2.05, 4.69) is 152 Å². The van der Waals surface area contributed by atoms with E-state index in [9.17, 15) is 54.1 Å². The van der Waals surface area contributed by atoms with Gasteiger partial charge < -0.3 is 68.9 Å². The van der Waals surface area contributed by atoms with Crippen molar-refractivity contribution in [3.8, 4) is 0 Å². The van der Waals surface area contributed by atoms with Crippen LogP contribution in [0, 0.1) is 27.7 Å². The molecule has 0 amide bonds. The summed E-state index contributed by atoms with van der Waals surface area (Å²) in [6.07, 6.45) is 38.5. The molecule has 120 heavy (non-hydrogen) atoms. The first kappa shape index (κ1) is 93.8. The molecule has 7 aromatic rings. The van der Waals surface area contributed by atoms with Crippen LogP contribution in [0.3, 0.4) is 0 Å². The van der Waals surface area contributed by atoms with E-state index in [0.29, 0.717) is 52.9 Å². The lowest BCUT2D eigenvalue weighted by Gasteiger charge is -2.23. The number of ether oxygens (including phenoxy) is 4. The maximum absolute atomic E-state index is 10.5. The Kier molecular flexibility index (Phi) is 36.0. The fraction of sp³-hybridized carbons (Fsp3) is 0.318. The molecule has 28 nitrogen and oxygen atoms in total. The molecule has 32 heteroatoms. The van der Waals surface area contributed by atoms with Gasteiger partial charge in [-0.1, -0.05) is 95.1 Å². The van der Waals surface area contributed by atoms with Gasteiger partial charge in [-0.2, -0.15) is 33.7 Å². The number of hydrogen-bond acceptors (Lipinski definition) is 22. The third kappa shape index (κ3) is 29.1. The van der Waals surface area contributed by atoms with E-state index < -0.39 is 40.5 Å². The Bertz CT molecular complexity index is 4910. The van der Waals surface area contributed by atoms with Gasteiger partial charge in [-0.3, -0.25) is 18.2 Å². The van der Waals surface area contributed by atoms with Crippen molar-refractivity contribution < 1.29 is 91.3 Å². The summed E-state index contributed by atoms with van der Waals surface area (Å²) < 4.78 is 140. The molecule has 0 unspecified atom stereocenters. The number of aliphatic hydroxyl groups is 4. The van der Waals surface area contributed by atoms with Crippen LogP contribution in [-0.4, -0.2) is 243 Å². The van der Waals surface area contributed by atoms with Gasteiger partial charge in [0, 0.05) is 123 Å². The van der Waals surface area contributed by atoms with Crippen molar-refractivity contribution in [2.24, 2.45) is 0 Å². The van der Waals surface area contributed by atoms with Gasteiger partial charge in [0.15, 0.2) is 0 Å². The highest BCUT2D eigenvalue weighted by atomic mass is 32.2. The van der Waals surface area contributed by atoms with Crippen molar-refractivity contribution in [1.29, 1.82) is 0 Å². The number of benzene rings is 4. The third-order valence-electron chi connectivity index (χ3n) is 19.1. The van der Waals surface area contributed by atoms with Crippen LogP contribution < -0.4 is 0 Å². The van der Waals surface area contributed by atoms with Gasteiger partial charge >= 0.3 is 0 Å². The normalized spacial score (nSPS) is 14.4. The van der Waals surface area contributed by atoms with Crippen molar-refractivity contribution in [2.45, 2.75) is 73.0 Å². The lowest BCUT2D eigenvalue weighted by atomic mass is 10.0. The molecule has 6 aliphatic rings. The summed E-state index contributed by atoms with van der Waals surface area (Å²) in [6.45, 7) is 17.4. The third-order valence-corrected chi connectivity index (χ3v) is 22.6. The van der Waals surface area contributed by atoms with Gasteiger partial charge in [-0.05, 0) is 222 Å². The fourth-order valence-electron chi connectivity index (χ4n) is 12.9. The van der Waals surface area contributed by atoms with Crippen LogP contribution in [0.5, 0.6) is 0 Å². The van der Waals surface area contributed by atoms with Crippen LogP contribution in [0.1, 0.15) is 93.0 Å². The number of aliphatic hydroxyl groups excluding tert-OH is 4. The van der Waals surface area contributed by atoms with Crippen LogP contribution in [0.2, 0.25) is 0 Å². The zero-order valence-corrected chi connectivity index (χ0v) is 70.8. The molecule has 3 aromatic heterocycles. The van der Waals surface area contributed by atoms with E-state index in [1.807, 2.05) is 27.7 Å². The van der Waals surface area contributed by atoms with Crippen molar-refractivity contribution in [3.63, 3.8) is 0 Å². The van der Waals surface area contributed by atoms with Crippen molar-refractivity contribution in [1.82, 2.24) is 39.5 Å². The lowest BCUT2D eigenvalue weighted by Crippen LogP contribution is -2.22. The Morgan fingerprint density at radius 3 is 0.667 bits per heavy atom. The highest BCUT2D eigenvalue weighted by Crippen LogP contribution is 2.38. The predicted octanol–water partition coefficient (Wildman–Crippen LogP) is 12.1. The number of nitrogens with one attached hydrogen (secondary N) is 2. The number of fused-ring (bicyclic) bond motifs is 8. The summed E-state index contributed by atoms with van der Waals surface area (Å²) in [5.74, 6) is 0. The Morgan fingerprint density at radius 1 is 0.300 bits per heavy atom. The number of aromatic amines is 2. The molecule has 6 aliphatic heterocycles. The topological polar surface area (TPSA) is 406 Å². The molecular weight excluding hydrogens is 1620 g/mol. The summed E-state index contributed by atoms with van der Waals surface area (Å²) in [5, 5.41) is 36.7. The molecule has 13 rings (SSSR count). The summed E-state index contributed by atoms with van der Waals surface area (Å²) >= 11 is 0. The molecule has 8 bridgehead atoms. The Morgan fingerprint density at radius 2 is 0.500 bits per heavy atom. The molecule has 4 aromatic carbocycles. The number of allylic oxidation sites excluding steroid dienone is 8. The maximum atomic E-state index is 10.5. The summed E-state index contributed by atoms with van der Waals surface area (Å²) in [5.41, 5.74) is 19.3. The largest absolute Gasteiger partial charge is 0.394 e. The SMILES string of the molecule is Cc1ccc(S(=O)(=O)O)cc1.Cc1ccc(S(=O)(=O)O)cc1.Cc1ccc(S(=O)(=O)O)cc1.Cc1ccc(S(=O)(=O)O)cc1.OCCOCCCN1C=CC(c2c3nc(c(C4=CCN(CCCOCCO)C=C4)c4ccc([nH]4)c(C4=CCN(CCCOCCO)C=C4)c4nc(c(C5=CCN(CCCOCCO)C=C5)c5ccc2[nH]5)C=C4)C=C3)=CC1. The first-order valence-corrected chi connectivity index (χ1v) is 44.9. The first-order valence-electron chi connectivity index (χ1n) is 39.1. The highest BCUT2D eigenvalue weighted by molar-refractivity contribution is 7.86. The molecule has 642 valence electrons. The van der Waals surface area contributed by atoms with Crippen LogP contribution >= 0.6 is 0 Å². The smallest absolute Gasteiger partial charge is 0.294 e. The molecule has 0 saturated heterocycles. The Labute approximate surface area is 702 Å². The molecule has 10 N–H and O–H groups in total. The second kappa shape index (κ2) is 46.1. The first-order chi connectivity index (χ1) is 57.5. The lowest BCUT2D eigenvalue weighted by molar-refractivity contribution is 0.0875. The second-order valence-electron chi connectivity index (χ2n) is 28.3. The predicted molar refractivity (Wildman–Crippen MR) is 468 cm³/mol. The number of hydrogen-bond donors (Lipinski definition) is 10. The monoisotopic (exact) mass is 1720 g/mol. The number of aryl methyl sites for hydroxylation is 4. The minimum atomic E-state index is -4.02. The Balaban J connectivity index is 0.000000296. The fourth-order valence-corrected chi connectivity index (χ4v) is 14.9. The molecule has 0 aliphatic carbocycles. The molecule has 0 saturated carbocycles. The minimum Gasteiger partial charge on any atom is -0.394 e. The van der Waals surface area contributed by atoms with Crippen molar-refractivity contribution in [3.05, 3.63) is 262 Å². The van der Waals surface area contributed by atoms with Gasteiger partial charge in [-0.25, -0.2) is 9.97 Å². The molecule has 0 atom stereocenters. The van der Waals surface area contributed by atoms with Gasteiger partial charge in [0.1, 0.15) is 0 Å². The van der Waals surface area contributed by atoms with Crippen LogP contribution in [-0.2, 0) is 59.4 Å². The standard InChI is InChI=1S/C60H74N8O8.4C7H8O3S/c69-33-41-73-37-1-21-65-25-13-45(14-26-65)57-49-5-7-51(61-49)58(46-15-27-66(28-16-46)22-2-38-74-42-34-70)53-9-11-55(63-53)60(48-19-31-68(32-20-48)24-4-40-76-44-36-72)56-12-10-54(64-56)59(52-8-6-50(57)62-52)47-17-29-67(30-18-47)23-3-39-75-43-35-71;4*1-6-2-4-7(5-3-6)11(8,9)10/h5-20,25,27,29,31,61,64,69-72H,1-4,21-24,26,28,30,32-44H2;4*2-5H,1H3,(H,8,9,10). The number of H-pyrrole nitrogens is 2. The average Bonchev–Trinajstić information content (AvgIpc) is 1.61. The van der Waals surface area contributed by atoms with Gasteiger partial charge in [0.25, 0.3) is 40.5 Å². The average molecular weight is 1720 g/mol. The van der Waals surface area contributed by atoms with Crippen molar-refractivity contribution in [2.75, 3.05) is 132 Å². The quantitative estimate of drug-likeness (QED) is 0.0138. The van der Waals surface area contributed by atoms with Crippen molar-refractivity contribution >= 4 is 109 Å². The number of nitrogens with zero attached hydrogens (tertiary/aromatic N) is 6. The van der Waals surface area contributed by atoms with Gasteiger partial charge in [0.2, 0.25) is 0 Å². The molecule has 0 radical (unpaired) electrons. The molecule has 0 fully saturated rings. The van der Waals surface area contributed by atoms with E-state index in [4.69, 9.17) is 47.1 Å². The number of rotatable bonds is 32. The number of aromatic nitrogens is 4. The maximum Gasteiger partial charge on any atom is 0.294 e. The van der Waals surface area contributed by atoms with E-state index in [0.717, 1.165) is 190 Å². The highest BCUT2D eigenvalue weighted by Gasteiger charge is 2.24.